The van der Waals surface area contributed by atoms with Crippen LogP contribution in [0.15, 0.2) is 0 Å². The van der Waals surface area contributed by atoms with Gasteiger partial charge in [-0.15, -0.1) is 0 Å². The average molecular weight is 159 g/mol. The number of aliphatic hydroxyl groups is 1. The summed E-state index contributed by atoms with van der Waals surface area (Å²) in [6.45, 7) is 9.73. The fourth-order valence-electron chi connectivity index (χ4n) is 0.640. The monoisotopic (exact) mass is 159 g/mol. The molecule has 0 bridgehead atoms. The summed E-state index contributed by atoms with van der Waals surface area (Å²) < 4.78 is 0. The van der Waals surface area contributed by atoms with Crippen molar-refractivity contribution >= 4 is 0 Å². The minimum absolute atomic E-state index is 0.212. The molecule has 0 amide bonds. The van der Waals surface area contributed by atoms with Gasteiger partial charge in [0.25, 0.3) is 0 Å². The SMILES string of the molecule is CCC(C)(C)NCC(C)CO. The van der Waals surface area contributed by atoms with Crippen molar-refractivity contribution < 1.29 is 5.11 Å². The van der Waals surface area contributed by atoms with Gasteiger partial charge in [0.2, 0.25) is 0 Å². The second-order valence-electron chi connectivity index (χ2n) is 3.91. The molecule has 0 saturated heterocycles. The zero-order valence-corrected chi connectivity index (χ0v) is 8.15. The first-order valence-corrected chi connectivity index (χ1v) is 4.37. The van der Waals surface area contributed by atoms with Crippen LogP contribution >= 0.6 is 0 Å². The smallest absolute Gasteiger partial charge is 0.0468 e. The Hall–Kier alpha value is -0.0800. The van der Waals surface area contributed by atoms with Crippen LogP contribution in [0.4, 0.5) is 0 Å². The molecule has 0 aromatic carbocycles. The first-order valence-electron chi connectivity index (χ1n) is 4.37. The van der Waals surface area contributed by atoms with Crippen LogP contribution in [0.25, 0.3) is 0 Å². The molecule has 2 N–H and O–H groups in total. The molecule has 68 valence electrons. The van der Waals surface area contributed by atoms with Gasteiger partial charge < -0.3 is 10.4 Å². The minimum atomic E-state index is 0.212. The number of rotatable bonds is 5. The Bertz CT molecular complexity index is 102. The first-order chi connectivity index (χ1) is 5.02. The molecule has 11 heavy (non-hydrogen) atoms. The molecule has 2 heteroatoms. The second kappa shape index (κ2) is 4.73. The molecule has 0 aromatic rings. The Balaban J connectivity index is 3.52. The van der Waals surface area contributed by atoms with Crippen LogP contribution in [0, 0.1) is 5.92 Å². The van der Waals surface area contributed by atoms with Crippen molar-refractivity contribution in [2.75, 3.05) is 13.2 Å². The number of hydrogen-bond acceptors (Lipinski definition) is 2. The third kappa shape index (κ3) is 5.22. The molecule has 0 aliphatic heterocycles. The Kier molecular flexibility index (Phi) is 4.69. The van der Waals surface area contributed by atoms with E-state index in [1.54, 1.807) is 0 Å². The van der Waals surface area contributed by atoms with Gasteiger partial charge >= 0.3 is 0 Å². The molecule has 2 nitrogen and oxygen atoms in total. The van der Waals surface area contributed by atoms with E-state index in [2.05, 4.69) is 26.1 Å². The van der Waals surface area contributed by atoms with E-state index in [9.17, 15) is 0 Å². The quantitative estimate of drug-likeness (QED) is 0.635. The van der Waals surface area contributed by atoms with Gasteiger partial charge in [-0.1, -0.05) is 13.8 Å². The van der Waals surface area contributed by atoms with Crippen molar-refractivity contribution in [2.45, 2.75) is 39.7 Å². The maximum atomic E-state index is 8.76. The molecule has 0 aromatic heterocycles. The van der Waals surface area contributed by atoms with Gasteiger partial charge in [-0.25, -0.2) is 0 Å². The van der Waals surface area contributed by atoms with E-state index < -0.39 is 0 Å². The predicted molar refractivity (Wildman–Crippen MR) is 48.6 cm³/mol. The van der Waals surface area contributed by atoms with Gasteiger partial charge in [0.05, 0.1) is 0 Å². The fraction of sp³-hybridized carbons (Fsp3) is 1.00. The van der Waals surface area contributed by atoms with E-state index >= 15 is 0 Å². The summed E-state index contributed by atoms with van der Waals surface area (Å²) in [5.74, 6) is 0.362. The highest BCUT2D eigenvalue weighted by Crippen LogP contribution is 2.07. The third-order valence-corrected chi connectivity index (χ3v) is 2.12. The summed E-state index contributed by atoms with van der Waals surface area (Å²) in [6, 6.07) is 0. The summed E-state index contributed by atoms with van der Waals surface area (Å²) in [4.78, 5) is 0. The molecule has 0 spiro atoms. The molecule has 1 unspecified atom stereocenters. The largest absolute Gasteiger partial charge is 0.396 e. The van der Waals surface area contributed by atoms with Crippen molar-refractivity contribution in [1.29, 1.82) is 0 Å². The molecular weight excluding hydrogens is 138 g/mol. The number of aliphatic hydroxyl groups excluding tert-OH is 1. The van der Waals surface area contributed by atoms with E-state index in [1.807, 2.05) is 6.92 Å². The van der Waals surface area contributed by atoms with Gasteiger partial charge in [-0.3, -0.25) is 0 Å². The molecule has 1 atom stereocenters. The Morgan fingerprint density at radius 2 is 2.00 bits per heavy atom. The lowest BCUT2D eigenvalue weighted by Crippen LogP contribution is -2.41. The van der Waals surface area contributed by atoms with Crippen molar-refractivity contribution in [3.63, 3.8) is 0 Å². The fourth-order valence-corrected chi connectivity index (χ4v) is 0.640. The lowest BCUT2D eigenvalue weighted by Gasteiger charge is -2.26. The molecule has 0 radical (unpaired) electrons. The summed E-state index contributed by atoms with van der Waals surface area (Å²) in [5.41, 5.74) is 0.212. The Morgan fingerprint density at radius 3 is 2.36 bits per heavy atom. The van der Waals surface area contributed by atoms with Gasteiger partial charge in [-0.05, 0) is 26.2 Å². The van der Waals surface area contributed by atoms with Crippen LogP contribution in [0.1, 0.15) is 34.1 Å². The van der Waals surface area contributed by atoms with Crippen molar-refractivity contribution in [2.24, 2.45) is 5.92 Å². The highest BCUT2D eigenvalue weighted by molar-refractivity contribution is 4.75. The topological polar surface area (TPSA) is 32.3 Å². The second-order valence-corrected chi connectivity index (χ2v) is 3.91. The Morgan fingerprint density at radius 1 is 1.45 bits per heavy atom. The van der Waals surface area contributed by atoms with Crippen molar-refractivity contribution in [3.05, 3.63) is 0 Å². The lowest BCUT2D eigenvalue weighted by atomic mass is 10.0. The maximum Gasteiger partial charge on any atom is 0.0468 e. The summed E-state index contributed by atoms with van der Waals surface area (Å²) >= 11 is 0. The molecule has 0 fully saturated rings. The van der Waals surface area contributed by atoms with Crippen molar-refractivity contribution in [3.8, 4) is 0 Å². The van der Waals surface area contributed by atoms with Gasteiger partial charge in [0.1, 0.15) is 0 Å². The van der Waals surface area contributed by atoms with Gasteiger partial charge in [0, 0.05) is 18.7 Å². The summed E-state index contributed by atoms with van der Waals surface area (Å²) in [6.07, 6.45) is 1.12. The van der Waals surface area contributed by atoms with Crippen LogP contribution < -0.4 is 5.32 Å². The van der Waals surface area contributed by atoms with Crippen LogP contribution in [0.2, 0.25) is 0 Å². The first kappa shape index (κ1) is 10.9. The zero-order chi connectivity index (χ0) is 8.91. The standard InChI is InChI=1S/C9H21NO/c1-5-9(3,4)10-6-8(2)7-11/h8,10-11H,5-7H2,1-4H3. The molecule has 0 heterocycles. The number of nitrogens with one attached hydrogen (secondary N) is 1. The molecule has 0 rings (SSSR count). The summed E-state index contributed by atoms with van der Waals surface area (Å²) in [7, 11) is 0. The van der Waals surface area contributed by atoms with Crippen LogP contribution in [-0.4, -0.2) is 23.8 Å². The summed E-state index contributed by atoms with van der Waals surface area (Å²) in [5, 5.41) is 12.2. The maximum absolute atomic E-state index is 8.76. The number of hydrogen-bond donors (Lipinski definition) is 2. The average Bonchev–Trinajstić information content (AvgIpc) is 2.00. The molecule has 0 aliphatic carbocycles. The molecule has 0 aliphatic rings. The highest BCUT2D eigenvalue weighted by Gasteiger charge is 2.14. The van der Waals surface area contributed by atoms with E-state index in [-0.39, 0.29) is 12.1 Å². The molecule has 0 saturated carbocycles. The lowest BCUT2D eigenvalue weighted by molar-refractivity contribution is 0.220. The van der Waals surface area contributed by atoms with Crippen molar-refractivity contribution in [1.82, 2.24) is 5.32 Å². The van der Waals surface area contributed by atoms with E-state index in [4.69, 9.17) is 5.11 Å². The van der Waals surface area contributed by atoms with Crippen LogP contribution in [0.5, 0.6) is 0 Å². The zero-order valence-electron chi connectivity index (χ0n) is 8.15. The minimum Gasteiger partial charge on any atom is -0.396 e. The Labute approximate surface area is 70.0 Å². The van der Waals surface area contributed by atoms with Gasteiger partial charge in [-0.2, -0.15) is 0 Å². The third-order valence-electron chi connectivity index (χ3n) is 2.12. The van der Waals surface area contributed by atoms with Crippen LogP contribution in [0.3, 0.4) is 0 Å². The highest BCUT2D eigenvalue weighted by atomic mass is 16.3. The van der Waals surface area contributed by atoms with Gasteiger partial charge in [0.15, 0.2) is 0 Å². The van der Waals surface area contributed by atoms with E-state index in [0.29, 0.717) is 5.92 Å². The van der Waals surface area contributed by atoms with Crippen LogP contribution in [-0.2, 0) is 0 Å². The molecular formula is C9H21NO. The normalized spacial score (nSPS) is 15.0. The van der Waals surface area contributed by atoms with E-state index in [0.717, 1.165) is 13.0 Å². The van der Waals surface area contributed by atoms with E-state index in [1.165, 1.54) is 0 Å². The predicted octanol–water partition coefficient (Wildman–Crippen LogP) is 1.39.